The second-order valence-electron chi connectivity index (χ2n) is 7.09. The average molecular weight is 431 g/mol. The molecule has 1 aromatic heterocycles. The second-order valence-corrected chi connectivity index (χ2v) is 7.09. The SMILES string of the molecule is COCCN1C(=O)CCC12CCN(C(=O)c1ccncc1)CC2.O=C(O)C(F)(F)F. The predicted octanol–water partition coefficient (Wildman–Crippen LogP) is 1.96. The highest BCUT2D eigenvalue weighted by Crippen LogP contribution is 2.39. The zero-order valence-electron chi connectivity index (χ0n) is 16.5. The van der Waals surface area contributed by atoms with Gasteiger partial charge in [-0.05, 0) is 31.4 Å². The fourth-order valence-electron chi connectivity index (χ4n) is 3.74. The van der Waals surface area contributed by atoms with Crippen molar-refractivity contribution in [3.63, 3.8) is 0 Å². The number of piperidine rings is 1. The molecule has 1 aromatic rings. The summed E-state index contributed by atoms with van der Waals surface area (Å²) >= 11 is 0. The van der Waals surface area contributed by atoms with Gasteiger partial charge in [0.15, 0.2) is 0 Å². The maximum atomic E-state index is 12.5. The van der Waals surface area contributed by atoms with E-state index in [9.17, 15) is 22.8 Å². The van der Waals surface area contributed by atoms with Crippen molar-refractivity contribution < 1.29 is 37.4 Å². The molecule has 1 spiro atoms. The molecule has 0 atom stereocenters. The van der Waals surface area contributed by atoms with Crippen molar-refractivity contribution in [1.29, 1.82) is 0 Å². The summed E-state index contributed by atoms with van der Waals surface area (Å²) in [5.41, 5.74) is 0.597. The maximum absolute atomic E-state index is 12.5. The first-order valence-corrected chi connectivity index (χ1v) is 9.39. The standard InChI is InChI=1S/C17H23N3O3.C2HF3O2/c1-23-13-12-20-15(21)2-5-17(20)6-10-19(11-7-17)16(22)14-3-8-18-9-4-14;3-2(4,5)1(6)7/h3-4,8-9H,2,5-7,10-13H2,1H3;(H,6,7). The van der Waals surface area contributed by atoms with E-state index in [1.54, 1.807) is 31.6 Å². The number of nitrogens with zero attached hydrogens (tertiary/aromatic N) is 3. The number of hydrogen-bond donors (Lipinski definition) is 1. The van der Waals surface area contributed by atoms with Crippen molar-refractivity contribution in [2.45, 2.75) is 37.4 Å². The Morgan fingerprint density at radius 2 is 1.77 bits per heavy atom. The van der Waals surface area contributed by atoms with Crippen molar-refractivity contribution >= 4 is 17.8 Å². The van der Waals surface area contributed by atoms with Crippen LogP contribution >= 0.6 is 0 Å². The van der Waals surface area contributed by atoms with E-state index < -0.39 is 12.1 Å². The van der Waals surface area contributed by atoms with Gasteiger partial charge in [0.1, 0.15) is 0 Å². The van der Waals surface area contributed by atoms with Gasteiger partial charge < -0.3 is 19.6 Å². The third-order valence-electron chi connectivity index (χ3n) is 5.35. The highest BCUT2D eigenvalue weighted by molar-refractivity contribution is 5.94. The molecule has 0 unspecified atom stereocenters. The number of halogens is 3. The van der Waals surface area contributed by atoms with Gasteiger partial charge in [0.05, 0.1) is 6.61 Å². The zero-order chi connectivity index (χ0) is 22.4. The molecule has 2 saturated heterocycles. The topological polar surface area (TPSA) is 100 Å². The molecule has 2 aliphatic rings. The minimum Gasteiger partial charge on any atom is -0.475 e. The first-order valence-electron chi connectivity index (χ1n) is 9.39. The highest BCUT2D eigenvalue weighted by Gasteiger charge is 2.47. The molecule has 2 fully saturated rings. The van der Waals surface area contributed by atoms with Crippen molar-refractivity contribution in [3.05, 3.63) is 30.1 Å². The van der Waals surface area contributed by atoms with Crippen molar-refractivity contribution in [1.82, 2.24) is 14.8 Å². The smallest absolute Gasteiger partial charge is 0.475 e. The third-order valence-corrected chi connectivity index (χ3v) is 5.35. The normalized spacial score (nSPS) is 18.2. The number of ether oxygens (including phenoxy) is 1. The summed E-state index contributed by atoms with van der Waals surface area (Å²) in [6, 6.07) is 3.49. The number of carboxylic acid groups (broad SMARTS) is 1. The van der Waals surface area contributed by atoms with Gasteiger partial charge in [0.25, 0.3) is 5.91 Å². The molecule has 0 bridgehead atoms. The van der Waals surface area contributed by atoms with Gasteiger partial charge in [-0.3, -0.25) is 14.6 Å². The first kappa shape index (κ1) is 23.6. The van der Waals surface area contributed by atoms with Crippen LogP contribution in [0, 0.1) is 0 Å². The van der Waals surface area contributed by atoms with Gasteiger partial charge >= 0.3 is 12.1 Å². The van der Waals surface area contributed by atoms with Gasteiger partial charge in [0, 0.05) is 56.7 Å². The molecule has 11 heteroatoms. The van der Waals surface area contributed by atoms with Gasteiger partial charge in [-0.2, -0.15) is 13.2 Å². The Hall–Kier alpha value is -2.69. The van der Waals surface area contributed by atoms with Crippen LogP contribution in [0.5, 0.6) is 0 Å². The van der Waals surface area contributed by atoms with Gasteiger partial charge in [0.2, 0.25) is 5.91 Å². The summed E-state index contributed by atoms with van der Waals surface area (Å²) in [6.07, 6.45) is 1.40. The highest BCUT2D eigenvalue weighted by atomic mass is 19.4. The second kappa shape index (κ2) is 9.88. The summed E-state index contributed by atoms with van der Waals surface area (Å²) in [4.78, 5) is 41.4. The number of hydrogen-bond acceptors (Lipinski definition) is 5. The van der Waals surface area contributed by atoms with E-state index in [2.05, 4.69) is 4.98 Å². The number of carboxylic acids is 1. The molecule has 3 rings (SSSR count). The molecule has 30 heavy (non-hydrogen) atoms. The number of aliphatic carboxylic acids is 1. The Morgan fingerprint density at radius 1 is 1.20 bits per heavy atom. The molecule has 3 heterocycles. The van der Waals surface area contributed by atoms with Crippen molar-refractivity contribution in [2.24, 2.45) is 0 Å². The summed E-state index contributed by atoms with van der Waals surface area (Å²) in [6.45, 7) is 2.59. The number of likely N-dealkylation sites (tertiary alicyclic amines) is 2. The number of pyridine rings is 1. The van der Waals surface area contributed by atoms with Crippen molar-refractivity contribution in [2.75, 3.05) is 33.4 Å². The lowest BCUT2D eigenvalue weighted by Crippen LogP contribution is -2.54. The summed E-state index contributed by atoms with van der Waals surface area (Å²) in [5, 5.41) is 7.12. The molecular weight excluding hydrogens is 407 g/mol. The molecule has 0 saturated carbocycles. The van der Waals surface area contributed by atoms with E-state index in [4.69, 9.17) is 14.6 Å². The number of methoxy groups -OCH3 is 1. The largest absolute Gasteiger partial charge is 0.490 e. The molecule has 2 amide bonds. The van der Waals surface area contributed by atoms with E-state index in [-0.39, 0.29) is 17.4 Å². The van der Waals surface area contributed by atoms with E-state index in [1.165, 1.54) is 0 Å². The average Bonchev–Trinajstić information content (AvgIpc) is 3.02. The van der Waals surface area contributed by atoms with Crippen LogP contribution in [0.3, 0.4) is 0 Å². The number of rotatable bonds is 4. The number of carbonyl (C=O) groups is 3. The molecule has 2 aliphatic heterocycles. The number of alkyl halides is 3. The molecular formula is C19H24F3N3O5. The van der Waals surface area contributed by atoms with E-state index in [0.717, 1.165) is 19.3 Å². The Bertz CT molecular complexity index is 750. The van der Waals surface area contributed by atoms with E-state index >= 15 is 0 Å². The molecule has 0 aromatic carbocycles. The van der Waals surface area contributed by atoms with Crippen LogP contribution in [-0.2, 0) is 14.3 Å². The molecule has 0 radical (unpaired) electrons. The van der Waals surface area contributed by atoms with Crippen LogP contribution in [0.15, 0.2) is 24.5 Å². The molecule has 166 valence electrons. The van der Waals surface area contributed by atoms with E-state index in [0.29, 0.717) is 38.2 Å². The van der Waals surface area contributed by atoms with Crippen LogP contribution < -0.4 is 0 Å². The lowest BCUT2D eigenvalue weighted by atomic mass is 9.84. The summed E-state index contributed by atoms with van der Waals surface area (Å²) in [7, 11) is 1.66. The fraction of sp³-hybridized carbons (Fsp3) is 0.579. The van der Waals surface area contributed by atoms with Crippen LogP contribution in [0.25, 0.3) is 0 Å². The lowest BCUT2D eigenvalue weighted by Gasteiger charge is -2.45. The minimum atomic E-state index is -5.08. The third kappa shape index (κ3) is 5.68. The van der Waals surface area contributed by atoms with Gasteiger partial charge in [-0.15, -0.1) is 0 Å². The zero-order valence-corrected chi connectivity index (χ0v) is 16.5. The Kier molecular flexibility index (Phi) is 7.77. The fourth-order valence-corrected chi connectivity index (χ4v) is 3.74. The van der Waals surface area contributed by atoms with Gasteiger partial charge in [-0.1, -0.05) is 0 Å². The predicted molar refractivity (Wildman–Crippen MR) is 98.6 cm³/mol. The Balaban J connectivity index is 0.000000396. The van der Waals surface area contributed by atoms with Crippen LogP contribution in [0.2, 0.25) is 0 Å². The molecule has 1 N–H and O–H groups in total. The van der Waals surface area contributed by atoms with Gasteiger partial charge in [-0.25, -0.2) is 4.79 Å². The van der Waals surface area contributed by atoms with Crippen LogP contribution in [-0.4, -0.2) is 82.7 Å². The number of amides is 2. The Morgan fingerprint density at radius 3 is 2.27 bits per heavy atom. The molecule has 0 aliphatic carbocycles. The quantitative estimate of drug-likeness (QED) is 0.782. The molecule has 8 nitrogen and oxygen atoms in total. The van der Waals surface area contributed by atoms with Crippen molar-refractivity contribution in [3.8, 4) is 0 Å². The summed E-state index contributed by atoms with van der Waals surface area (Å²) in [5.74, 6) is -2.49. The first-order chi connectivity index (χ1) is 14.1. The maximum Gasteiger partial charge on any atom is 0.490 e. The van der Waals surface area contributed by atoms with Crippen LogP contribution in [0.4, 0.5) is 13.2 Å². The summed E-state index contributed by atoms with van der Waals surface area (Å²) < 4.78 is 36.9. The Labute approximate surface area is 171 Å². The number of carbonyl (C=O) groups excluding carboxylic acids is 2. The monoisotopic (exact) mass is 431 g/mol. The van der Waals surface area contributed by atoms with Crippen LogP contribution in [0.1, 0.15) is 36.0 Å². The lowest BCUT2D eigenvalue weighted by molar-refractivity contribution is -0.192. The number of aromatic nitrogens is 1. The van der Waals surface area contributed by atoms with E-state index in [1.807, 2.05) is 9.80 Å². The minimum absolute atomic E-state index is 0.0509.